The number of nitro benzene ring substituents is 1. The highest BCUT2D eigenvalue weighted by atomic mass is 16.6. The van der Waals surface area contributed by atoms with Gasteiger partial charge in [-0.25, -0.2) is 0 Å². The van der Waals surface area contributed by atoms with Crippen LogP contribution >= 0.6 is 0 Å². The highest BCUT2D eigenvalue weighted by molar-refractivity contribution is 5.66. The molecule has 5 nitrogen and oxygen atoms in total. The van der Waals surface area contributed by atoms with E-state index in [1.807, 2.05) is 30.3 Å². The van der Waals surface area contributed by atoms with E-state index in [4.69, 9.17) is 4.74 Å². The number of rotatable bonds is 6. The van der Waals surface area contributed by atoms with Gasteiger partial charge in [-0.2, -0.15) is 0 Å². The van der Waals surface area contributed by atoms with Crippen molar-refractivity contribution in [2.24, 2.45) is 0 Å². The minimum atomic E-state index is -0.394. The van der Waals surface area contributed by atoms with Gasteiger partial charge >= 0.3 is 0 Å². The summed E-state index contributed by atoms with van der Waals surface area (Å²) in [5.74, 6) is 0.813. The van der Waals surface area contributed by atoms with E-state index in [1.165, 1.54) is 6.07 Å². The maximum atomic E-state index is 11.0. The molecule has 0 aliphatic heterocycles. The van der Waals surface area contributed by atoms with Crippen LogP contribution in [0.15, 0.2) is 42.5 Å². The van der Waals surface area contributed by atoms with Crippen LogP contribution in [0.25, 0.3) is 0 Å². The van der Waals surface area contributed by atoms with Crippen LogP contribution in [0.3, 0.4) is 0 Å². The van der Waals surface area contributed by atoms with Gasteiger partial charge in [0.1, 0.15) is 18.0 Å². The summed E-state index contributed by atoms with van der Waals surface area (Å²) >= 11 is 0. The molecule has 0 saturated heterocycles. The first-order chi connectivity index (χ1) is 10.2. The van der Waals surface area contributed by atoms with Gasteiger partial charge in [-0.05, 0) is 18.1 Å². The molecule has 5 heteroatoms. The molecule has 0 spiro atoms. The molecular formula is C16H18N2O3. The summed E-state index contributed by atoms with van der Waals surface area (Å²) < 4.78 is 5.83. The van der Waals surface area contributed by atoms with Crippen molar-refractivity contribution in [3.05, 3.63) is 63.7 Å². The Balaban J connectivity index is 2.24. The van der Waals surface area contributed by atoms with Crippen molar-refractivity contribution in [2.45, 2.75) is 20.0 Å². The summed E-state index contributed by atoms with van der Waals surface area (Å²) in [4.78, 5) is 10.6. The third-order valence-corrected chi connectivity index (χ3v) is 3.31. The zero-order valence-corrected chi connectivity index (χ0v) is 12.1. The lowest BCUT2D eigenvalue weighted by Gasteiger charge is -2.13. The molecule has 0 atom stereocenters. The molecule has 2 rings (SSSR count). The largest absolute Gasteiger partial charge is 0.489 e. The van der Waals surface area contributed by atoms with Gasteiger partial charge in [-0.15, -0.1) is 0 Å². The van der Waals surface area contributed by atoms with Crippen molar-refractivity contribution < 1.29 is 9.66 Å². The number of para-hydroxylation sites is 2. The Morgan fingerprint density at radius 1 is 1.14 bits per heavy atom. The molecule has 0 aliphatic carbocycles. The van der Waals surface area contributed by atoms with E-state index in [2.05, 4.69) is 12.2 Å². The van der Waals surface area contributed by atoms with E-state index in [9.17, 15) is 10.1 Å². The molecule has 0 saturated carbocycles. The summed E-state index contributed by atoms with van der Waals surface area (Å²) in [7, 11) is 1.67. The van der Waals surface area contributed by atoms with Crippen LogP contribution in [0.5, 0.6) is 5.75 Å². The van der Waals surface area contributed by atoms with E-state index in [1.54, 1.807) is 13.1 Å². The zero-order chi connectivity index (χ0) is 15.2. The topological polar surface area (TPSA) is 64.4 Å². The smallest absolute Gasteiger partial charge is 0.292 e. The van der Waals surface area contributed by atoms with Gasteiger partial charge in [0.25, 0.3) is 5.69 Å². The molecule has 0 fully saturated rings. The number of nitrogens with zero attached hydrogens (tertiary/aromatic N) is 1. The second-order valence-corrected chi connectivity index (χ2v) is 4.57. The van der Waals surface area contributed by atoms with Crippen molar-refractivity contribution in [2.75, 3.05) is 12.4 Å². The van der Waals surface area contributed by atoms with Crippen LogP contribution in [0, 0.1) is 10.1 Å². The SMILES string of the molecule is CCc1ccccc1OCc1cccc([N+](=O)[O-])c1NC. The Morgan fingerprint density at radius 3 is 2.52 bits per heavy atom. The summed E-state index contributed by atoms with van der Waals surface area (Å²) in [6.07, 6.45) is 0.879. The minimum Gasteiger partial charge on any atom is -0.489 e. The van der Waals surface area contributed by atoms with Gasteiger partial charge < -0.3 is 10.1 Å². The first-order valence-corrected chi connectivity index (χ1v) is 6.82. The number of ether oxygens (including phenoxy) is 1. The van der Waals surface area contributed by atoms with E-state index >= 15 is 0 Å². The minimum absolute atomic E-state index is 0.0578. The Bertz CT molecular complexity index is 641. The molecule has 2 aromatic carbocycles. The molecule has 0 aromatic heterocycles. The summed E-state index contributed by atoms with van der Waals surface area (Å²) in [6.45, 7) is 2.35. The van der Waals surface area contributed by atoms with Crippen LogP contribution in [-0.4, -0.2) is 12.0 Å². The quantitative estimate of drug-likeness (QED) is 0.648. The fourth-order valence-electron chi connectivity index (χ4n) is 2.24. The third kappa shape index (κ3) is 3.31. The van der Waals surface area contributed by atoms with Crippen LogP contribution in [0.2, 0.25) is 0 Å². The first-order valence-electron chi connectivity index (χ1n) is 6.82. The molecule has 0 unspecified atom stereocenters. The lowest BCUT2D eigenvalue weighted by atomic mass is 10.1. The Labute approximate surface area is 123 Å². The average Bonchev–Trinajstić information content (AvgIpc) is 2.52. The normalized spacial score (nSPS) is 10.2. The Hall–Kier alpha value is -2.56. The van der Waals surface area contributed by atoms with E-state index in [0.29, 0.717) is 5.69 Å². The zero-order valence-electron chi connectivity index (χ0n) is 12.1. The van der Waals surface area contributed by atoms with Crippen LogP contribution < -0.4 is 10.1 Å². The van der Waals surface area contributed by atoms with Gasteiger partial charge in [0.05, 0.1) is 4.92 Å². The van der Waals surface area contributed by atoms with Gasteiger partial charge in [0.15, 0.2) is 0 Å². The fraction of sp³-hybridized carbons (Fsp3) is 0.250. The highest BCUT2D eigenvalue weighted by Gasteiger charge is 2.16. The number of hydrogen-bond acceptors (Lipinski definition) is 4. The first kappa shape index (κ1) is 14.8. The van der Waals surface area contributed by atoms with Gasteiger partial charge in [0.2, 0.25) is 0 Å². The van der Waals surface area contributed by atoms with Crippen molar-refractivity contribution >= 4 is 11.4 Å². The predicted molar refractivity (Wildman–Crippen MR) is 82.8 cm³/mol. The molecule has 1 N–H and O–H groups in total. The number of aryl methyl sites for hydroxylation is 1. The maximum Gasteiger partial charge on any atom is 0.292 e. The molecule has 2 aromatic rings. The second-order valence-electron chi connectivity index (χ2n) is 4.57. The number of nitro groups is 1. The van der Waals surface area contributed by atoms with Gasteiger partial charge in [-0.3, -0.25) is 10.1 Å². The highest BCUT2D eigenvalue weighted by Crippen LogP contribution is 2.29. The van der Waals surface area contributed by atoms with Crippen LogP contribution in [0.1, 0.15) is 18.1 Å². The summed E-state index contributed by atoms with van der Waals surface area (Å²) in [5.41, 5.74) is 2.44. The lowest BCUT2D eigenvalue weighted by Crippen LogP contribution is -2.04. The van der Waals surface area contributed by atoms with Gasteiger partial charge in [0, 0.05) is 18.7 Å². The molecule has 0 radical (unpaired) electrons. The van der Waals surface area contributed by atoms with E-state index < -0.39 is 4.92 Å². The van der Waals surface area contributed by atoms with Crippen LogP contribution in [0.4, 0.5) is 11.4 Å². The summed E-state index contributed by atoms with van der Waals surface area (Å²) in [5, 5.41) is 13.9. The number of nitrogens with one attached hydrogen (secondary N) is 1. The van der Waals surface area contributed by atoms with Crippen molar-refractivity contribution in [1.29, 1.82) is 0 Å². The number of hydrogen-bond donors (Lipinski definition) is 1. The monoisotopic (exact) mass is 286 g/mol. The standard InChI is InChI=1S/C16H18N2O3/c1-3-12-7-4-5-10-15(12)21-11-13-8-6-9-14(18(19)20)16(13)17-2/h4-10,17H,3,11H2,1-2H3. The molecular weight excluding hydrogens is 268 g/mol. The fourth-order valence-corrected chi connectivity index (χ4v) is 2.24. The number of anilines is 1. The van der Waals surface area contributed by atoms with Crippen molar-refractivity contribution in [3.63, 3.8) is 0 Å². The van der Waals surface area contributed by atoms with Crippen molar-refractivity contribution in [1.82, 2.24) is 0 Å². The van der Waals surface area contributed by atoms with Crippen LogP contribution in [-0.2, 0) is 13.0 Å². The molecule has 21 heavy (non-hydrogen) atoms. The lowest BCUT2D eigenvalue weighted by molar-refractivity contribution is -0.384. The molecule has 0 bridgehead atoms. The number of benzene rings is 2. The average molecular weight is 286 g/mol. The molecule has 0 amide bonds. The third-order valence-electron chi connectivity index (χ3n) is 3.31. The molecule has 0 aliphatic rings. The predicted octanol–water partition coefficient (Wildman–Crippen LogP) is 3.78. The maximum absolute atomic E-state index is 11.0. The van der Waals surface area contributed by atoms with E-state index in [-0.39, 0.29) is 12.3 Å². The summed E-state index contributed by atoms with van der Waals surface area (Å²) in [6, 6.07) is 12.8. The molecule has 0 heterocycles. The van der Waals surface area contributed by atoms with E-state index in [0.717, 1.165) is 23.3 Å². The van der Waals surface area contributed by atoms with Gasteiger partial charge in [-0.1, -0.05) is 37.3 Å². The van der Waals surface area contributed by atoms with Crippen molar-refractivity contribution in [3.8, 4) is 5.75 Å². The molecule has 110 valence electrons. The Kier molecular flexibility index (Phi) is 4.77. The second kappa shape index (κ2) is 6.74. The Morgan fingerprint density at radius 2 is 1.86 bits per heavy atom.